The average molecular weight is 240 g/mol. The van der Waals surface area contributed by atoms with E-state index in [0.717, 1.165) is 6.54 Å². The maximum atomic E-state index is 4.41. The van der Waals surface area contributed by atoms with Crippen molar-refractivity contribution in [1.82, 2.24) is 10.3 Å². The molecule has 1 aromatic carbocycles. The summed E-state index contributed by atoms with van der Waals surface area (Å²) in [4.78, 5) is 4.41. The molecule has 2 aromatic rings. The minimum absolute atomic E-state index is 0.674. The van der Waals surface area contributed by atoms with Gasteiger partial charge in [0.25, 0.3) is 0 Å². The number of nitrogens with zero attached hydrogens (tertiary/aromatic N) is 1. The predicted molar refractivity (Wildman–Crippen MR) is 75.8 cm³/mol. The molecule has 2 unspecified atom stereocenters. The summed E-state index contributed by atoms with van der Waals surface area (Å²) in [6.45, 7) is 3.26. The van der Waals surface area contributed by atoms with E-state index in [0.29, 0.717) is 12.0 Å². The third-order valence-electron chi connectivity index (χ3n) is 4.06. The number of rotatable bonds is 3. The van der Waals surface area contributed by atoms with E-state index >= 15 is 0 Å². The SMILES string of the molecule is CCNC1CCC(c2cncc3ccccc23)C1. The van der Waals surface area contributed by atoms with Crippen LogP contribution in [0, 0.1) is 0 Å². The van der Waals surface area contributed by atoms with Gasteiger partial charge in [-0.1, -0.05) is 31.2 Å². The van der Waals surface area contributed by atoms with Crippen LogP contribution < -0.4 is 5.32 Å². The lowest BCUT2D eigenvalue weighted by atomic mass is 9.94. The average Bonchev–Trinajstić information content (AvgIpc) is 2.87. The van der Waals surface area contributed by atoms with E-state index in [1.54, 1.807) is 0 Å². The summed E-state index contributed by atoms with van der Waals surface area (Å²) in [5.74, 6) is 0.674. The van der Waals surface area contributed by atoms with Crippen molar-refractivity contribution in [3.63, 3.8) is 0 Å². The van der Waals surface area contributed by atoms with Crippen molar-refractivity contribution in [2.75, 3.05) is 6.54 Å². The largest absolute Gasteiger partial charge is 0.314 e. The maximum Gasteiger partial charge on any atom is 0.0346 e. The van der Waals surface area contributed by atoms with Gasteiger partial charge in [0.1, 0.15) is 0 Å². The first-order chi connectivity index (χ1) is 8.88. The highest BCUT2D eigenvalue weighted by atomic mass is 14.9. The lowest BCUT2D eigenvalue weighted by Gasteiger charge is -2.14. The Balaban J connectivity index is 1.91. The minimum atomic E-state index is 0.674. The summed E-state index contributed by atoms with van der Waals surface area (Å²) >= 11 is 0. The second-order valence-electron chi connectivity index (χ2n) is 5.21. The molecule has 1 aromatic heterocycles. The zero-order valence-electron chi connectivity index (χ0n) is 10.9. The van der Waals surface area contributed by atoms with Crippen LogP contribution in [0.5, 0.6) is 0 Å². The molecule has 1 fully saturated rings. The number of nitrogens with one attached hydrogen (secondary N) is 1. The monoisotopic (exact) mass is 240 g/mol. The number of hydrogen-bond donors (Lipinski definition) is 1. The Morgan fingerprint density at radius 2 is 2.11 bits per heavy atom. The minimum Gasteiger partial charge on any atom is -0.314 e. The smallest absolute Gasteiger partial charge is 0.0346 e. The van der Waals surface area contributed by atoms with E-state index in [2.05, 4.69) is 47.7 Å². The van der Waals surface area contributed by atoms with Gasteiger partial charge >= 0.3 is 0 Å². The number of pyridine rings is 1. The lowest BCUT2D eigenvalue weighted by Crippen LogP contribution is -2.25. The topological polar surface area (TPSA) is 24.9 Å². The van der Waals surface area contributed by atoms with Gasteiger partial charge in [-0.3, -0.25) is 4.98 Å². The van der Waals surface area contributed by atoms with Crippen LogP contribution in [0.4, 0.5) is 0 Å². The molecule has 1 aliphatic carbocycles. The van der Waals surface area contributed by atoms with Crippen LogP contribution >= 0.6 is 0 Å². The molecule has 1 aliphatic rings. The molecule has 2 heteroatoms. The van der Waals surface area contributed by atoms with Gasteiger partial charge in [-0.2, -0.15) is 0 Å². The van der Waals surface area contributed by atoms with Gasteiger partial charge < -0.3 is 5.32 Å². The van der Waals surface area contributed by atoms with E-state index in [-0.39, 0.29) is 0 Å². The molecule has 0 aliphatic heterocycles. The number of benzene rings is 1. The standard InChI is InChI=1S/C16H20N2/c1-2-18-14-8-7-12(9-14)16-11-17-10-13-5-3-4-6-15(13)16/h3-6,10-12,14,18H,2,7-9H2,1H3. The summed E-state index contributed by atoms with van der Waals surface area (Å²) in [5.41, 5.74) is 1.44. The molecule has 2 atom stereocenters. The summed E-state index contributed by atoms with van der Waals surface area (Å²) in [6, 6.07) is 9.29. The summed E-state index contributed by atoms with van der Waals surface area (Å²) in [7, 11) is 0. The fourth-order valence-electron chi connectivity index (χ4n) is 3.20. The first-order valence-electron chi connectivity index (χ1n) is 6.94. The lowest BCUT2D eigenvalue weighted by molar-refractivity contribution is 0.535. The van der Waals surface area contributed by atoms with E-state index in [9.17, 15) is 0 Å². The van der Waals surface area contributed by atoms with Gasteiger partial charge in [0, 0.05) is 23.8 Å². The van der Waals surface area contributed by atoms with Crippen LogP contribution in [0.2, 0.25) is 0 Å². The first kappa shape index (κ1) is 11.7. The third-order valence-corrected chi connectivity index (χ3v) is 4.06. The van der Waals surface area contributed by atoms with Crippen LogP contribution in [0.3, 0.4) is 0 Å². The van der Waals surface area contributed by atoms with Crippen molar-refractivity contribution in [2.24, 2.45) is 0 Å². The third kappa shape index (κ3) is 2.13. The Kier molecular flexibility index (Phi) is 3.28. The molecule has 0 radical (unpaired) electrons. The molecule has 0 bridgehead atoms. The second-order valence-corrected chi connectivity index (χ2v) is 5.21. The van der Waals surface area contributed by atoms with Crippen molar-refractivity contribution in [1.29, 1.82) is 0 Å². The van der Waals surface area contributed by atoms with Crippen molar-refractivity contribution in [2.45, 2.75) is 38.1 Å². The highest BCUT2D eigenvalue weighted by Crippen LogP contribution is 2.37. The molecule has 1 heterocycles. The Morgan fingerprint density at radius 3 is 3.00 bits per heavy atom. The summed E-state index contributed by atoms with van der Waals surface area (Å²) in [5, 5.41) is 6.22. The van der Waals surface area contributed by atoms with Gasteiger partial charge in [0.2, 0.25) is 0 Å². The van der Waals surface area contributed by atoms with Gasteiger partial charge in [-0.05, 0) is 42.7 Å². The highest BCUT2D eigenvalue weighted by Gasteiger charge is 2.26. The quantitative estimate of drug-likeness (QED) is 0.888. The fourth-order valence-corrected chi connectivity index (χ4v) is 3.20. The predicted octanol–water partition coefficient (Wildman–Crippen LogP) is 3.48. The normalized spacial score (nSPS) is 23.6. The van der Waals surface area contributed by atoms with E-state index in [1.807, 2.05) is 6.20 Å². The zero-order valence-corrected chi connectivity index (χ0v) is 10.9. The number of hydrogen-bond acceptors (Lipinski definition) is 2. The molecule has 94 valence electrons. The molecule has 18 heavy (non-hydrogen) atoms. The van der Waals surface area contributed by atoms with Crippen LogP contribution in [0.25, 0.3) is 10.8 Å². The van der Waals surface area contributed by atoms with Crippen molar-refractivity contribution in [3.05, 3.63) is 42.2 Å². The number of aromatic nitrogens is 1. The fraction of sp³-hybridized carbons (Fsp3) is 0.438. The second kappa shape index (κ2) is 5.07. The molecule has 3 rings (SSSR count). The molecule has 1 saturated carbocycles. The zero-order chi connectivity index (χ0) is 12.4. The van der Waals surface area contributed by atoms with Gasteiger partial charge in [-0.25, -0.2) is 0 Å². The summed E-state index contributed by atoms with van der Waals surface area (Å²) in [6.07, 6.45) is 7.87. The van der Waals surface area contributed by atoms with Crippen molar-refractivity contribution in [3.8, 4) is 0 Å². The van der Waals surface area contributed by atoms with Gasteiger partial charge in [-0.15, -0.1) is 0 Å². The first-order valence-corrected chi connectivity index (χ1v) is 6.94. The molecule has 0 saturated heterocycles. The molecular formula is C16H20N2. The Labute approximate surface area is 108 Å². The Bertz CT molecular complexity index is 530. The van der Waals surface area contributed by atoms with E-state index in [1.165, 1.54) is 35.6 Å². The molecule has 2 nitrogen and oxygen atoms in total. The van der Waals surface area contributed by atoms with Crippen molar-refractivity contribution >= 4 is 10.8 Å². The van der Waals surface area contributed by atoms with E-state index in [4.69, 9.17) is 0 Å². The number of fused-ring (bicyclic) bond motifs is 1. The van der Waals surface area contributed by atoms with Crippen LogP contribution in [-0.2, 0) is 0 Å². The van der Waals surface area contributed by atoms with Crippen LogP contribution in [0.1, 0.15) is 37.7 Å². The van der Waals surface area contributed by atoms with Crippen LogP contribution in [-0.4, -0.2) is 17.6 Å². The maximum absolute atomic E-state index is 4.41. The van der Waals surface area contributed by atoms with Crippen molar-refractivity contribution < 1.29 is 0 Å². The van der Waals surface area contributed by atoms with E-state index < -0.39 is 0 Å². The highest BCUT2D eigenvalue weighted by molar-refractivity contribution is 5.85. The Morgan fingerprint density at radius 1 is 1.22 bits per heavy atom. The molecule has 0 amide bonds. The summed E-state index contributed by atoms with van der Waals surface area (Å²) < 4.78 is 0. The van der Waals surface area contributed by atoms with Gasteiger partial charge in [0.05, 0.1) is 0 Å². The molecular weight excluding hydrogens is 220 g/mol. The molecule has 0 spiro atoms. The van der Waals surface area contributed by atoms with Crippen LogP contribution in [0.15, 0.2) is 36.7 Å². The molecule has 1 N–H and O–H groups in total. The van der Waals surface area contributed by atoms with Gasteiger partial charge in [0.15, 0.2) is 0 Å². The Hall–Kier alpha value is -1.41.